The average Bonchev–Trinajstić information content (AvgIpc) is 2.89. The van der Waals surface area contributed by atoms with Gasteiger partial charge in [-0.15, -0.1) is 0 Å². The molecular formula is C27H28BrClN2O5. The van der Waals surface area contributed by atoms with Gasteiger partial charge in [-0.05, 0) is 65.5 Å². The van der Waals surface area contributed by atoms with E-state index in [2.05, 4.69) is 26.6 Å². The number of carbonyl (C=O) groups is 2. The molecule has 0 aliphatic heterocycles. The van der Waals surface area contributed by atoms with Crippen LogP contribution in [0.3, 0.4) is 0 Å². The van der Waals surface area contributed by atoms with Crippen LogP contribution in [0.5, 0.6) is 17.2 Å². The minimum absolute atomic E-state index is 0.206. The largest absolute Gasteiger partial charge is 0.494 e. The third kappa shape index (κ3) is 6.71. The molecule has 0 saturated heterocycles. The summed E-state index contributed by atoms with van der Waals surface area (Å²) in [6.07, 6.45) is 0.741. The van der Waals surface area contributed by atoms with Crippen molar-refractivity contribution in [1.29, 1.82) is 0 Å². The van der Waals surface area contributed by atoms with Crippen LogP contribution in [-0.4, -0.2) is 32.6 Å². The maximum Gasteiger partial charge on any atom is 0.255 e. The lowest BCUT2D eigenvalue weighted by molar-refractivity contribution is -0.116. The van der Waals surface area contributed by atoms with Crippen molar-refractivity contribution >= 4 is 50.7 Å². The van der Waals surface area contributed by atoms with E-state index in [-0.39, 0.29) is 18.2 Å². The molecule has 2 amide bonds. The Kier molecular flexibility index (Phi) is 9.61. The van der Waals surface area contributed by atoms with Crippen molar-refractivity contribution in [2.45, 2.75) is 26.7 Å². The Morgan fingerprint density at radius 3 is 2.14 bits per heavy atom. The Balaban J connectivity index is 1.62. The topological polar surface area (TPSA) is 85.9 Å². The van der Waals surface area contributed by atoms with Crippen LogP contribution >= 0.6 is 27.5 Å². The molecule has 0 aliphatic carbocycles. The van der Waals surface area contributed by atoms with Crippen molar-refractivity contribution in [2.75, 3.05) is 31.5 Å². The van der Waals surface area contributed by atoms with Crippen molar-refractivity contribution in [3.63, 3.8) is 0 Å². The van der Waals surface area contributed by atoms with Crippen LogP contribution in [0, 0.1) is 13.8 Å². The Bertz CT molecular complexity index is 1250. The number of ether oxygens (including phenoxy) is 3. The summed E-state index contributed by atoms with van der Waals surface area (Å²) in [6, 6.07) is 13.9. The van der Waals surface area contributed by atoms with Crippen LogP contribution < -0.4 is 24.8 Å². The highest BCUT2D eigenvalue weighted by Crippen LogP contribution is 2.37. The highest BCUT2D eigenvalue weighted by Gasteiger charge is 2.16. The molecule has 0 radical (unpaired) electrons. The molecule has 0 aromatic heterocycles. The Hall–Kier alpha value is -3.23. The van der Waals surface area contributed by atoms with E-state index in [1.165, 1.54) is 14.2 Å². The Labute approximate surface area is 224 Å². The minimum atomic E-state index is -0.287. The predicted molar refractivity (Wildman–Crippen MR) is 146 cm³/mol. The first kappa shape index (κ1) is 27.4. The fourth-order valence-electron chi connectivity index (χ4n) is 3.51. The van der Waals surface area contributed by atoms with Gasteiger partial charge < -0.3 is 24.8 Å². The highest BCUT2D eigenvalue weighted by molar-refractivity contribution is 9.10. The van der Waals surface area contributed by atoms with Gasteiger partial charge in [0.2, 0.25) is 5.91 Å². The molecule has 0 fully saturated rings. The SMILES string of the molecule is COc1cc(NC(=O)c2ccccc2)c(OC)cc1NC(=O)CCCOc1cc(C)c(Cl)c(C)c1Br. The molecule has 36 heavy (non-hydrogen) atoms. The summed E-state index contributed by atoms with van der Waals surface area (Å²) in [5.41, 5.74) is 3.20. The normalized spacial score (nSPS) is 10.5. The summed E-state index contributed by atoms with van der Waals surface area (Å²) in [5, 5.41) is 6.36. The maximum atomic E-state index is 12.6. The molecule has 3 rings (SSSR count). The van der Waals surface area contributed by atoms with Gasteiger partial charge in [0.1, 0.15) is 17.2 Å². The van der Waals surface area contributed by atoms with Crippen LogP contribution in [0.2, 0.25) is 5.02 Å². The molecule has 3 aromatic carbocycles. The summed E-state index contributed by atoms with van der Waals surface area (Å²) < 4.78 is 17.5. The number of methoxy groups -OCH3 is 2. The third-order valence-corrected chi connectivity index (χ3v) is 7.02. The minimum Gasteiger partial charge on any atom is -0.494 e. The molecular weight excluding hydrogens is 548 g/mol. The lowest BCUT2D eigenvalue weighted by atomic mass is 10.1. The number of anilines is 2. The quantitative estimate of drug-likeness (QED) is 0.260. The van der Waals surface area contributed by atoms with Crippen molar-refractivity contribution in [2.24, 2.45) is 0 Å². The summed E-state index contributed by atoms with van der Waals surface area (Å²) in [5.74, 6) is 0.971. The predicted octanol–water partition coefficient (Wildman–Crippen LogP) is 6.79. The fraction of sp³-hybridized carbons (Fsp3) is 0.259. The molecule has 9 heteroatoms. The Morgan fingerprint density at radius 1 is 0.917 bits per heavy atom. The van der Waals surface area contributed by atoms with Crippen LogP contribution in [0.4, 0.5) is 11.4 Å². The zero-order chi connectivity index (χ0) is 26.2. The molecule has 0 aliphatic rings. The summed E-state index contributed by atoms with van der Waals surface area (Å²) in [6.45, 7) is 4.19. The van der Waals surface area contributed by atoms with E-state index < -0.39 is 0 Å². The number of hydrogen-bond donors (Lipinski definition) is 2. The van der Waals surface area contributed by atoms with Crippen LogP contribution in [0.25, 0.3) is 0 Å². The summed E-state index contributed by atoms with van der Waals surface area (Å²) in [4.78, 5) is 25.2. The van der Waals surface area contributed by atoms with Gasteiger partial charge in [-0.25, -0.2) is 0 Å². The zero-order valence-electron chi connectivity index (χ0n) is 20.5. The first-order chi connectivity index (χ1) is 17.2. The van der Waals surface area contributed by atoms with Crippen LogP contribution in [-0.2, 0) is 4.79 Å². The van der Waals surface area contributed by atoms with Crippen molar-refractivity contribution in [3.8, 4) is 17.2 Å². The van der Waals surface area contributed by atoms with E-state index in [1.807, 2.05) is 26.0 Å². The van der Waals surface area contributed by atoms with Gasteiger partial charge in [-0.2, -0.15) is 0 Å². The van der Waals surface area contributed by atoms with Crippen molar-refractivity contribution in [1.82, 2.24) is 0 Å². The van der Waals surface area contributed by atoms with E-state index in [4.69, 9.17) is 25.8 Å². The second kappa shape index (κ2) is 12.6. The van der Waals surface area contributed by atoms with Crippen molar-refractivity contribution < 1.29 is 23.8 Å². The van der Waals surface area contributed by atoms with Crippen molar-refractivity contribution in [3.05, 3.63) is 74.7 Å². The van der Waals surface area contributed by atoms with Gasteiger partial charge in [-0.3, -0.25) is 9.59 Å². The van der Waals surface area contributed by atoms with Gasteiger partial charge in [0.25, 0.3) is 5.91 Å². The van der Waals surface area contributed by atoms with E-state index in [0.717, 1.165) is 15.6 Å². The standard InChI is InChI=1S/C27H28BrClN2O5/c1-16-13-23(25(28)17(2)26(16)29)36-12-8-11-24(32)30-19-14-22(35-4)20(15-21(19)34-3)31-27(33)18-9-6-5-7-10-18/h5-7,9-10,13-15H,8,11-12H2,1-4H3,(H,30,32)(H,31,33). The molecule has 0 heterocycles. The number of amides is 2. The van der Waals surface area contributed by atoms with Gasteiger partial charge in [0, 0.05) is 29.1 Å². The molecule has 7 nitrogen and oxygen atoms in total. The molecule has 0 unspecified atom stereocenters. The van der Waals surface area contributed by atoms with E-state index in [0.29, 0.717) is 52.2 Å². The maximum absolute atomic E-state index is 12.6. The zero-order valence-corrected chi connectivity index (χ0v) is 22.9. The molecule has 0 atom stereocenters. The van der Waals surface area contributed by atoms with E-state index >= 15 is 0 Å². The average molecular weight is 576 g/mol. The van der Waals surface area contributed by atoms with Gasteiger partial charge >= 0.3 is 0 Å². The second-order valence-electron chi connectivity index (χ2n) is 8.02. The third-order valence-electron chi connectivity index (χ3n) is 5.45. The van der Waals surface area contributed by atoms with E-state index in [9.17, 15) is 9.59 Å². The Morgan fingerprint density at radius 2 is 1.53 bits per heavy atom. The number of halogens is 2. The smallest absolute Gasteiger partial charge is 0.255 e. The number of carbonyl (C=O) groups excluding carboxylic acids is 2. The molecule has 2 N–H and O–H groups in total. The monoisotopic (exact) mass is 574 g/mol. The van der Waals surface area contributed by atoms with Crippen LogP contribution in [0.15, 0.2) is 53.0 Å². The number of nitrogens with one attached hydrogen (secondary N) is 2. The molecule has 190 valence electrons. The second-order valence-corrected chi connectivity index (χ2v) is 9.19. The highest BCUT2D eigenvalue weighted by atomic mass is 79.9. The molecule has 0 bridgehead atoms. The first-order valence-electron chi connectivity index (χ1n) is 11.3. The van der Waals surface area contributed by atoms with E-state index in [1.54, 1.807) is 36.4 Å². The first-order valence-corrected chi connectivity index (χ1v) is 12.4. The van der Waals surface area contributed by atoms with Gasteiger partial charge in [0.15, 0.2) is 0 Å². The molecule has 3 aromatic rings. The number of aryl methyl sites for hydroxylation is 1. The number of rotatable bonds is 10. The van der Waals surface area contributed by atoms with Gasteiger partial charge in [0.05, 0.1) is 36.7 Å². The summed E-state index contributed by atoms with van der Waals surface area (Å²) in [7, 11) is 2.98. The molecule has 0 spiro atoms. The molecule has 0 saturated carbocycles. The van der Waals surface area contributed by atoms with Gasteiger partial charge in [-0.1, -0.05) is 29.8 Å². The fourth-order valence-corrected chi connectivity index (χ4v) is 4.20. The summed E-state index contributed by atoms with van der Waals surface area (Å²) >= 11 is 9.78. The number of benzene rings is 3. The lowest BCUT2D eigenvalue weighted by Crippen LogP contribution is -2.15. The lowest BCUT2D eigenvalue weighted by Gasteiger charge is -2.16. The number of hydrogen-bond acceptors (Lipinski definition) is 5. The van der Waals surface area contributed by atoms with Crippen LogP contribution in [0.1, 0.15) is 34.3 Å².